The van der Waals surface area contributed by atoms with E-state index < -0.39 is 0 Å². The van der Waals surface area contributed by atoms with Gasteiger partial charge in [-0.05, 0) is 23.6 Å². The highest BCUT2D eigenvalue weighted by molar-refractivity contribution is 7.80. The minimum atomic E-state index is 0.872. The van der Waals surface area contributed by atoms with Crippen molar-refractivity contribution in [2.24, 2.45) is 0 Å². The first-order valence-corrected chi connectivity index (χ1v) is 5.92. The van der Waals surface area contributed by atoms with Crippen molar-refractivity contribution in [3.8, 4) is 5.75 Å². The highest BCUT2D eigenvalue weighted by atomic mass is 32.1. The first-order valence-electron chi connectivity index (χ1n) is 5.29. The Morgan fingerprint density at radius 3 is 2.80 bits per heavy atom. The third-order valence-electron chi connectivity index (χ3n) is 2.34. The van der Waals surface area contributed by atoms with E-state index in [4.69, 9.17) is 4.74 Å². The Morgan fingerprint density at radius 2 is 2.20 bits per heavy atom. The summed E-state index contributed by atoms with van der Waals surface area (Å²) in [6.07, 6.45) is 1.00. The zero-order chi connectivity index (χ0) is 11.1. The lowest BCUT2D eigenvalue weighted by Crippen LogP contribution is -2.15. The molecule has 0 atom stereocenters. The van der Waals surface area contributed by atoms with Crippen molar-refractivity contribution < 1.29 is 4.74 Å². The van der Waals surface area contributed by atoms with Crippen molar-refractivity contribution in [3.05, 3.63) is 29.3 Å². The predicted molar refractivity (Wildman–Crippen MR) is 67.9 cm³/mol. The maximum Gasteiger partial charge on any atom is 0.122 e. The van der Waals surface area contributed by atoms with Gasteiger partial charge in [0.15, 0.2) is 0 Å². The van der Waals surface area contributed by atoms with Gasteiger partial charge in [-0.25, -0.2) is 0 Å². The molecule has 0 spiro atoms. The molecule has 0 aromatic heterocycles. The van der Waals surface area contributed by atoms with E-state index in [0.717, 1.165) is 31.0 Å². The molecule has 0 saturated heterocycles. The van der Waals surface area contributed by atoms with Crippen LogP contribution in [0.15, 0.2) is 18.2 Å². The smallest absolute Gasteiger partial charge is 0.122 e. The minimum Gasteiger partial charge on any atom is -0.496 e. The summed E-state index contributed by atoms with van der Waals surface area (Å²) in [5.74, 6) is 1.85. The van der Waals surface area contributed by atoms with Gasteiger partial charge in [-0.3, -0.25) is 0 Å². The third-order valence-corrected chi connectivity index (χ3v) is 2.57. The third kappa shape index (κ3) is 3.76. The molecule has 1 N–H and O–H groups in total. The molecular formula is C12H19NOS. The molecule has 84 valence electrons. The number of thiol groups is 1. The molecular weight excluding hydrogens is 206 g/mol. The van der Waals surface area contributed by atoms with Gasteiger partial charge in [-0.1, -0.05) is 19.1 Å². The molecule has 1 rings (SSSR count). The SMILES string of the molecule is CCc1cc(CNCCS)ccc1OC. The molecule has 2 nitrogen and oxygen atoms in total. The lowest BCUT2D eigenvalue weighted by Gasteiger charge is -2.09. The van der Waals surface area contributed by atoms with Gasteiger partial charge in [0.25, 0.3) is 0 Å². The van der Waals surface area contributed by atoms with Gasteiger partial charge in [0, 0.05) is 18.8 Å². The second-order valence-electron chi connectivity index (χ2n) is 3.40. The number of methoxy groups -OCH3 is 1. The van der Waals surface area contributed by atoms with Crippen molar-refractivity contribution in [2.75, 3.05) is 19.4 Å². The Kier molecular flexibility index (Phi) is 5.58. The predicted octanol–water partition coefficient (Wildman–Crippen LogP) is 2.28. The van der Waals surface area contributed by atoms with Crippen molar-refractivity contribution >= 4 is 12.6 Å². The molecule has 0 radical (unpaired) electrons. The fourth-order valence-electron chi connectivity index (χ4n) is 1.53. The second-order valence-corrected chi connectivity index (χ2v) is 3.85. The molecule has 0 aliphatic carbocycles. The summed E-state index contributed by atoms with van der Waals surface area (Å²) in [6.45, 7) is 3.98. The fourth-order valence-corrected chi connectivity index (χ4v) is 1.69. The molecule has 15 heavy (non-hydrogen) atoms. The highest BCUT2D eigenvalue weighted by Crippen LogP contribution is 2.20. The first-order chi connectivity index (χ1) is 7.31. The molecule has 0 aliphatic heterocycles. The van der Waals surface area contributed by atoms with E-state index in [1.807, 2.05) is 6.07 Å². The van der Waals surface area contributed by atoms with Crippen LogP contribution < -0.4 is 10.1 Å². The molecule has 0 fully saturated rings. The summed E-state index contributed by atoms with van der Waals surface area (Å²) in [4.78, 5) is 0. The summed E-state index contributed by atoms with van der Waals surface area (Å²) in [7, 11) is 1.72. The van der Waals surface area contributed by atoms with Crippen LogP contribution in [0.25, 0.3) is 0 Å². The highest BCUT2D eigenvalue weighted by Gasteiger charge is 2.01. The number of nitrogens with one attached hydrogen (secondary N) is 1. The second kappa shape index (κ2) is 6.75. The Bertz CT molecular complexity index is 302. The standard InChI is InChI=1S/C12H19NOS/c1-3-11-8-10(9-13-6-7-15)4-5-12(11)14-2/h4-5,8,13,15H,3,6-7,9H2,1-2H3. The summed E-state index contributed by atoms with van der Waals surface area (Å²) >= 11 is 4.15. The van der Waals surface area contributed by atoms with Crippen LogP contribution in [-0.4, -0.2) is 19.4 Å². The average molecular weight is 225 g/mol. The normalized spacial score (nSPS) is 10.3. The maximum absolute atomic E-state index is 5.28. The first kappa shape index (κ1) is 12.4. The molecule has 3 heteroatoms. The van der Waals surface area contributed by atoms with Gasteiger partial charge >= 0.3 is 0 Å². The Hall–Kier alpha value is -0.670. The van der Waals surface area contributed by atoms with Gasteiger partial charge < -0.3 is 10.1 Å². The van der Waals surface area contributed by atoms with Crippen LogP contribution >= 0.6 is 12.6 Å². The monoisotopic (exact) mass is 225 g/mol. The Morgan fingerprint density at radius 1 is 1.40 bits per heavy atom. The van der Waals surface area contributed by atoms with Gasteiger partial charge in [0.1, 0.15) is 5.75 Å². The van der Waals surface area contributed by atoms with E-state index in [-0.39, 0.29) is 0 Å². The zero-order valence-corrected chi connectivity index (χ0v) is 10.3. The number of benzene rings is 1. The largest absolute Gasteiger partial charge is 0.496 e. The average Bonchev–Trinajstić information content (AvgIpc) is 2.29. The number of rotatable bonds is 6. The topological polar surface area (TPSA) is 21.3 Å². The van der Waals surface area contributed by atoms with E-state index in [1.165, 1.54) is 11.1 Å². The molecule has 0 aliphatic rings. The molecule has 0 unspecified atom stereocenters. The quantitative estimate of drug-likeness (QED) is 0.572. The molecule has 1 aromatic carbocycles. The Labute approximate surface area is 97.4 Å². The van der Waals surface area contributed by atoms with Gasteiger partial charge in [0.05, 0.1) is 7.11 Å². The minimum absolute atomic E-state index is 0.872. The molecule has 0 bridgehead atoms. The van der Waals surface area contributed by atoms with Gasteiger partial charge in [-0.2, -0.15) is 12.6 Å². The van der Waals surface area contributed by atoms with Crippen molar-refractivity contribution in [1.29, 1.82) is 0 Å². The lowest BCUT2D eigenvalue weighted by molar-refractivity contribution is 0.410. The lowest BCUT2D eigenvalue weighted by atomic mass is 10.1. The van der Waals surface area contributed by atoms with Crippen molar-refractivity contribution in [1.82, 2.24) is 5.32 Å². The van der Waals surface area contributed by atoms with E-state index >= 15 is 0 Å². The zero-order valence-electron chi connectivity index (χ0n) is 9.42. The van der Waals surface area contributed by atoms with Crippen LogP contribution in [0.4, 0.5) is 0 Å². The van der Waals surface area contributed by atoms with Crippen LogP contribution in [0.2, 0.25) is 0 Å². The van der Waals surface area contributed by atoms with Crippen LogP contribution in [-0.2, 0) is 13.0 Å². The molecule has 0 saturated carbocycles. The summed E-state index contributed by atoms with van der Waals surface area (Å²) in [5, 5.41) is 3.32. The summed E-state index contributed by atoms with van der Waals surface area (Å²) in [6, 6.07) is 6.34. The van der Waals surface area contributed by atoms with Gasteiger partial charge in [-0.15, -0.1) is 0 Å². The molecule has 1 aromatic rings. The van der Waals surface area contributed by atoms with E-state index in [2.05, 4.69) is 37.0 Å². The van der Waals surface area contributed by atoms with Crippen LogP contribution in [0.5, 0.6) is 5.75 Å². The maximum atomic E-state index is 5.28. The van der Waals surface area contributed by atoms with Gasteiger partial charge in [0.2, 0.25) is 0 Å². The van der Waals surface area contributed by atoms with Crippen LogP contribution in [0, 0.1) is 0 Å². The summed E-state index contributed by atoms with van der Waals surface area (Å²) in [5.41, 5.74) is 2.57. The fraction of sp³-hybridized carbons (Fsp3) is 0.500. The summed E-state index contributed by atoms with van der Waals surface area (Å²) < 4.78 is 5.28. The van der Waals surface area contributed by atoms with Crippen LogP contribution in [0.3, 0.4) is 0 Å². The number of hydrogen-bond donors (Lipinski definition) is 2. The van der Waals surface area contributed by atoms with E-state index in [0.29, 0.717) is 0 Å². The number of hydrogen-bond acceptors (Lipinski definition) is 3. The molecule has 0 heterocycles. The number of aryl methyl sites for hydroxylation is 1. The van der Waals surface area contributed by atoms with Crippen molar-refractivity contribution in [3.63, 3.8) is 0 Å². The Balaban J connectivity index is 2.66. The molecule has 0 amide bonds. The van der Waals surface area contributed by atoms with E-state index in [1.54, 1.807) is 7.11 Å². The number of ether oxygens (including phenoxy) is 1. The van der Waals surface area contributed by atoms with E-state index in [9.17, 15) is 0 Å². The van der Waals surface area contributed by atoms with Crippen molar-refractivity contribution in [2.45, 2.75) is 19.9 Å². The van der Waals surface area contributed by atoms with Crippen LogP contribution in [0.1, 0.15) is 18.1 Å².